The van der Waals surface area contributed by atoms with Gasteiger partial charge in [0.15, 0.2) is 0 Å². The van der Waals surface area contributed by atoms with E-state index in [0.717, 1.165) is 45.2 Å². The van der Waals surface area contributed by atoms with Gasteiger partial charge in [0.05, 0.1) is 18.6 Å². The molecule has 4 heteroatoms. The molecule has 3 atom stereocenters. The number of nitrogens with one attached hydrogen (secondary N) is 1. The molecular weight excluding hydrogens is 228 g/mol. The number of aliphatic hydroxyl groups is 1. The van der Waals surface area contributed by atoms with Crippen LogP contribution in [0.15, 0.2) is 0 Å². The molecule has 2 heterocycles. The van der Waals surface area contributed by atoms with Gasteiger partial charge in [-0.15, -0.1) is 0 Å². The number of hydrogen-bond acceptors (Lipinski definition) is 3. The number of rotatable bonds is 2. The molecule has 0 aromatic heterocycles. The maximum atomic E-state index is 12.7. The molecule has 3 unspecified atom stereocenters. The highest BCUT2D eigenvalue weighted by atomic mass is 16.3. The maximum absolute atomic E-state index is 12.7. The molecule has 0 aromatic carbocycles. The summed E-state index contributed by atoms with van der Waals surface area (Å²) in [5.41, 5.74) is 0. The first-order valence-electron chi connectivity index (χ1n) is 7.38. The summed E-state index contributed by atoms with van der Waals surface area (Å²) in [6, 6.07) is 0.322. The van der Waals surface area contributed by atoms with Gasteiger partial charge in [-0.3, -0.25) is 4.79 Å². The third kappa shape index (κ3) is 3.04. The van der Waals surface area contributed by atoms with Crippen LogP contribution in [0, 0.1) is 5.92 Å². The average molecular weight is 254 g/mol. The molecule has 2 rings (SSSR count). The van der Waals surface area contributed by atoms with Gasteiger partial charge in [0.25, 0.3) is 0 Å². The van der Waals surface area contributed by atoms with Crippen LogP contribution < -0.4 is 5.32 Å². The Morgan fingerprint density at radius 2 is 2.11 bits per heavy atom. The van der Waals surface area contributed by atoms with E-state index in [0.29, 0.717) is 0 Å². The van der Waals surface area contributed by atoms with Gasteiger partial charge in [-0.1, -0.05) is 12.8 Å². The Bertz CT molecular complexity index is 283. The minimum absolute atomic E-state index is 0.0501. The van der Waals surface area contributed by atoms with E-state index in [1.54, 1.807) is 0 Å². The number of piperidine rings is 1. The molecule has 18 heavy (non-hydrogen) atoms. The second kappa shape index (κ2) is 6.53. The Kier molecular flexibility index (Phi) is 5.01. The van der Waals surface area contributed by atoms with E-state index in [4.69, 9.17) is 0 Å². The summed E-state index contributed by atoms with van der Waals surface area (Å²) < 4.78 is 0. The first-order valence-corrected chi connectivity index (χ1v) is 7.38. The smallest absolute Gasteiger partial charge is 0.227 e. The molecule has 104 valence electrons. The lowest BCUT2D eigenvalue weighted by molar-refractivity contribution is -0.140. The minimum Gasteiger partial charge on any atom is -0.394 e. The molecule has 0 saturated carbocycles. The molecule has 2 saturated heterocycles. The van der Waals surface area contributed by atoms with E-state index in [1.807, 2.05) is 4.90 Å². The summed E-state index contributed by atoms with van der Waals surface area (Å²) >= 11 is 0. The van der Waals surface area contributed by atoms with Crippen molar-refractivity contribution in [2.75, 3.05) is 19.7 Å². The second-order valence-electron chi connectivity index (χ2n) is 5.71. The van der Waals surface area contributed by atoms with Crippen molar-refractivity contribution in [2.45, 2.75) is 57.5 Å². The molecular formula is C14H26N2O2. The highest BCUT2D eigenvalue weighted by Gasteiger charge is 2.34. The SMILES string of the molecule is CC1NCCCC1C(=O)N1CCCCCC1CO. The van der Waals surface area contributed by atoms with Crippen LogP contribution in [0.5, 0.6) is 0 Å². The molecule has 0 aliphatic carbocycles. The molecule has 1 amide bonds. The fraction of sp³-hybridized carbons (Fsp3) is 0.929. The predicted molar refractivity (Wildman–Crippen MR) is 71.2 cm³/mol. The highest BCUT2D eigenvalue weighted by Crippen LogP contribution is 2.24. The average Bonchev–Trinajstić information content (AvgIpc) is 2.63. The van der Waals surface area contributed by atoms with Gasteiger partial charge in [0.2, 0.25) is 5.91 Å². The zero-order valence-electron chi connectivity index (χ0n) is 11.4. The standard InChI is InChI=1S/C14H26N2O2/c1-11-13(7-5-8-15-11)14(18)16-9-4-2-3-6-12(16)10-17/h11-13,15,17H,2-10H2,1H3. The zero-order valence-corrected chi connectivity index (χ0v) is 11.4. The van der Waals surface area contributed by atoms with Crippen molar-refractivity contribution in [1.29, 1.82) is 0 Å². The molecule has 2 fully saturated rings. The fourth-order valence-corrected chi connectivity index (χ4v) is 3.25. The van der Waals surface area contributed by atoms with Gasteiger partial charge in [0, 0.05) is 12.6 Å². The lowest BCUT2D eigenvalue weighted by atomic mass is 9.90. The summed E-state index contributed by atoms with van der Waals surface area (Å²) in [6.07, 6.45) is 6.42. The van der Waals surface area contributed by atoms with E-state index < -0.39 is 0 Å². The summed E-state index contributed by atoms with van der Waals surface area (Å²) in [4.78, 5) is 14.6. The Morgan fingerprint density at radius 1 is 1.28 bits per heavy atom. The molecule has 2 aliphatic heterocycles. The van der Waals surface area contributed by atoms with Crippen LogP contribution in [0.3, 0.4) is 0 Å². The number of amides is 1. The molecule has 2 aliphatic rings. The Balaban J connectivity index is 2.04. The van der Waals surface area contributed by atoms with Crippen molar-refractivity contribution in [1.82, 2.24) is 10.2 Å². The van der Waals surface area contributed by atoms with Gasteiger partial charge in [-0.25, -0.2) is 0 Å². The normalized spacial score (nSPS) is 34.1. The fourth-order valence-electron chi connectivity index (χ4n) is 3.25. The summed E-state index contributed by atoms with van der Waals surface area (Å²) in [5.74, 6) is 0.363. The van der Waals surface area contributed by atoms with Crippen LogP contribution in [-0.2, 0) is 4.79 Å². The van der Waals surface area contributed by atoms with Crippen molar-refractivity contribution in [3.05, 3.63) is 0 Å². The van der Waals surface area contributed by atoms with Gasteiger partial charge in [-0.05, 0) is 39.2 Å². The van der Waals surface area contributed by atoms with Crippen LogP contribution >= 0.6 is 0 Å². The second-order valence-corrected chi connectivity index (χ2v) is 5.71. The summed E-state index contributed by atoms with van der Waals surface area (Å²) in [7, 11) is 0. The molecule has 4 nitrogen and oxygen atoms in total. The van der Waals surface area contributed by atoms with E-state index in [-0.39, 0.29) is 30.5 Å². The maximum Gasteiger partial charge on any atom is 0.227 e. The van der Waals surface area contributed by atoms with E-state index >= 15 is 0 Å². The predicted octanol–water partition coefficient (Wildman–Crippen LogP) is 1.14. The monoisotopic (exact) mass is 254 g/mol. The zero-order chi connectivity index (χ0) is 13.0. The van der Waals surface area contributed by atoms with Gasteiger partial charge in [0.1, 0.15) is 0 Å². The number of hydrogen-bond donors (Lipinski definition) is 2. The van der Waals surface area contributed by atoms with Crippen molar-refractivity contribution in [3.8, 4) is 0 Å². The van der Waals surface area contributed by atoms with Crippen LogP contribution in [-0.4, -0.2) is 47.7 Å². The first-order chi connectivity index (χ1) is 8.74. The van der Waals surface area contributed by atoms with Crippen LogP contribution in [0.25, 0.3) is 0 Å². The molecule has 0 spiro atoms. The molecule has 0 aromatic rings. The van der Waals surface area contributed by atoms with E-state index in [1.165, 1.54) is 6.42 Å². The van der Waals surface area contributed by atoms with Crippen molar-refractivity contribution in [2.24, 2.45) is 5.92 Å². The Morgan fingerprint density at radius 3 is 2.83 bits per heavy atom. The van der Waals surface area contributed by atoms with Gasteiger partial charge in [-0.2, -0.15) is 0 Å². The van der Waals surface area contributed by atoms with Gasteiger partial charge < -0.3 is 15.3 Å². The number of nitrogens with zero attached hydrogens (tertiary/aromatic N) is 1. The van der Waals surface area contributed by atoms with E-state index in [2.05, 4.69) is 12.2 Å². The number of carbonyl (C=O) groups excluding carboxylic acids is 1. The topological polar surface area (TPSA) is 52.6 Å². The largest absolute Gasteiger partial charge is 0.394 e. The summed E-state index contributed by atoms with van der Waals surface area (Å²) in [5, 5.41) is 12.9. The number of aliphatic hydroxyl groups excluding tert-OH is 1. The van der Waals surface area contributed by atoms with Crippen molar-refractivity contribution in [3.63, 3.8) is 0 Å². The molecule has 2 N–H and O–H groups in total. The Labute approximate surface area is 110 Å². The van der Waals surface area contributed by atoms with E-state index in [9.17, 15) is 9.90 Å². The third-order valence-corrected chi connectivity index (χ3v) is 4.45. The molecule has 0 bridgehead atoms. The number of likely N-dealkylation sites (tertiary alicyclic amines) is 1. The summed E-state index contributed by atoms with van der Waals surface area (Å²) in [6.45, 7) is 4.06. The molecule has 0 radical (unpaired) electrons. The minimum atomic E-state index is 0.0501. The lowest BCUT2D eigenvalue weighted by Crippen LogP contribution is -2.51. The van der Waals surface area contributed by atoms with Crippen molar-refractivity contribution < 1.29 is 9.90 Å². The first kappa shape index (κ1) is 13.8. The Hall–Kier alpha value is -0.610. The van der Waals surface area contributed by atoms with Crippen LogP contribution in [0.1, 0.15) is 45.4 Å². The quantitative estimate of drug-likeness (QED) is 0.777. The van der Waals surface area contributed by atoms with Crippen LogP contribution in [0.4, 0.5) is 0 Å². The van der Waals surface area contributed by atoms with Gasteiger partial charge >= 0.3 is 0 Å². The lowest BCUT2D eigenvalue weighted by Gasteiger charge is -2.36. The highest BCUT2D eigenvalue weighted by molar-refractivity contribution is 5.80. The number of carbonyl (C=O) groups is 1. The van der Waals surface area contributed by atoms with Crippen molar-refractivity contribution >= 4 is 5.91 Å². The van der Waals surface area contributed by atoms with Crippen LogP contribution in [0.2, 0.25) is 0 Å². The third-order valence-electron chi connectivity index (χ3n) is 4.45.